The second-order valence-electron chi connectivity index (χ2n) is 6.85. The van der Waals surface area contributed by atoms with E-state index in [0.29, 0.717) is 16.6 Å². The number of amides is 1. The molecule has 0 radical (unpaired) electrons. The fourth-order valence-corrected chi connectivity index (χ4v) is 4.11. The van der Waals surface area contributed by atoms with Crippen molar-refractivity contribution in [1.82, 2.24) is 4.90 Å². The van der Waals surface area contributed by atoms with Gasteiger partial charge in [-0.05, 0) is 65.4 Å². The molecule has 6 heteroatoms. The van der Waals surface area contributed by atoms with Gasteiger partial charge in [-0.25, -0.2) is 4.99 Å². The van der Waals surface area contributed by atoms with E-state index in [-0.39, 0.29) is 5.91 Å². The first kappa shape index (κ1) is 20.8. The number of ether oxygens (including phenoxy) is 2. The maximum atomic E-state index is 13.3. The number of methoxy groups -OCH3 is 2. The quantitative estimate of drug-likeness (QED) is 0.484. The van der Waals surface area contributed by atoms with Crippen molar-refractivity contribution in [2.45, 2.75) is 6.54 Å². The average molecular weight is 431 g/mol. The predicted molar refractivity (Wildman–Crippen MR) is 126 cm³/mol. The van der Waals surface area contributed by atoms with Gasteiger partial charge in [-0.1, -0.05) is 42.5 Å². The predicted octanol–water partition coefficient (Wildman–Crippen LogP) is 5.51. The van der Waals surface area contributed by atoms with E-state index in [9.17, 15) is 4.79 Å². The molecular formula is C25H22N2O3S. The van der Waals surface area contributed by atoms with Gasteiger partial charge in [-0.2, -0.15) is 0 Å². The summed E-state index contributed by atoms with van der Waals surface area (Å²) in [5, 5.41) is 0.659. The number of aliphatic imine (C=N–C) groups is 1. The molecule has 0 atom stereocenters. The van der Waals surface area contributed by atoms with E-state index < -0.39 is 0 Å². The number of nitrogens with zero attached hydrogens (tertiary/aromatic N) is 2. The van der Waals surface area contributed by atoms with Crippen LogP contribution in [0.1, 0.15) is 11.1 Å². The van der Waals surface area contributed by atoms with Gasteiger partial charge in [-0.3, -0.25) is 9.69 Å². The van der Waals surface area contributed by atoms with Gasteiger partial charge in [0.1, 0.15) is 11.5 Å². The molecule has 31 heavy (non-hydrogen) atoms. The zero-order valence-electron chi connectivity index (χ0n) is 17.3. The lowest BCUT2D eigenvalue weighted by atomic mass is 10.2. The number of carbonyl (C=O) groups is 1. The third kappa shape index (κ3) is 4.98. The highest BCUT2D eigenvalue weighted by Crippen LogP contribution is 2.35. The lowest BCUT2D eigenvalue weighted by Gasteiger charge is -2.16. The smallest absolute Gasteiger partial charge is 0.267 e. The third-order valence-corrected chi connectivity index (χ3v) is 5.79. The van der Waals surface area contributed by atoms with Gasteiger partial charge >= 0.3 is 0 Å². The van der Waals surface area contributed by atoms with Crippen LogP contribution in [-0.4, -0.2) is 30.2 Å². The zero-order valence-corrected chi connectivity index (χ0v) is 18.1. The highest BCUT2D eigenvalue weighted by atomic mass is 32.2. The zero-order chi connectivity index (χ0) is 21.6. The van der Waals surface area contributed by atoms with Crippen molar-refractivity contribution in [2.75, 3.05) is 14.2 Å². The Kier molecular flexibility index (Phi) is 6.38. The Balaban J connectivity index is 1.65. The van der Waals surface area contributed by atoms with Crippen LogP contribution in [-0.2, 0) is 11.3 Å². The molecule has 0 N–H and O–H groups in total. The monoisotopic (exact) mass is 430 g/mol. The summed E-state index contributed by atoms with van der Waals surface area (Å²) in [4.78, 5) is 20.4. The van der Waals surface area contributed by atoms with E-state index in [1.54, 1.807) is 19.1 Å². The highest BCUT2D eigenvalue weighted by molar-refractivity contribution is 8.18. The maximum Gasteiger partial charge on any atom is 0.267 e. The first-order valence-corrected chi connectivity index (χ1v) is 10.6. The molecule has 1 amide bonds. The molecule has 0 saturated carbocycles. The Morgan fingerprint density at radius 2 is 1.48 bits per heavy atom. The van der Waals surface area contributed by atoms with Crippen molar-refractivity contribution in [2.24, 2.45) is 4.99 Å². The van der Waals surface area contributed by atoms with Crippen LogP contribution in [0.3, 0.4) is 0 Å². The van der Waals surface area contributed by atoms with Crippen LogP contribution in [0.2, 0.25) is 0 Å². The summed E-state index contributed by atoms with van der Waals surface area (Å²) in [6.45, 7) is 0.432. The van der Waals surface area contributed by atoms with Crippen LogP contribution < -0.4 is 9.47 Å². The molecule has 0 aliphatic carbocycles. The molecule has 1 heterocycles. The molecule has 5 nitrogen and oxygen atoms in total. The summed E-state index contributed by atoms with van der Waals surface area (Å²) in [5.41, 5.74) is 2.74. The van der Waals surface area contributed by atoms with E-state index in [0.717, 1.165) is 28.3 Å². The summed E-state index contributed by atoms with van der Waals surface area (Å²) >= 11 is 1.38. The molecule has 1 saturated heterocycles. The van der Waals surface area contributed by atoms with Crippen molar-refractivity contribution in [3.63, 3.8) is 0 Å². The summed E-state index contributed by atoms with van der Waals surface area (Å²) in [5.74, 6) is 1.50. The Morgan fingerprint density at radius 1 is 0.871 bits per heavy atom. The molecule has 156 valence electrons. The topological polar surface area (TPSA) is 51.1 Å². The third-order valence-electron chi connectivity index (χ3n) is 4.78. The van der Waals surface area contributed by atoms with Crippen molar-refractivity contribution in [1.29, 1.82) is 0 Å². The first-order valence-electron chi connectivity index (χ1n) is 9.78. The van der Waals surface area contributed by atoms with E-state index in [1.165, 1.54) is 11.8 Å². The lowest BCUT2D eigenvalue weighted by Crippen LogP contribution is -2.28. The molecule has 1 aliphatic rings. The largest absolute Gasteiger partial charge is 0.497 e. The molecule has 1 fully saturated rings. The Labute approximate surface area is 186 Å². The summed E-state index contributed by atoms with van der Waals surface area (Å²) in [6.07, 6.45) is 1.89. The highest BCUT2D eigenvalue weighted by Gasteiger charge is 2.33. The first-order chi connectivity index (χ1) is 15.2. The minimum atomic E-state index is -0.0636. The van der Waals surface area contributed by atoms with Crippen molar-refractivity contribution >= 4 is 34.6 Å². The molecular weight excluding hydrogens is 408 g/mol. The van der Waals surface area contributed by atoms with Gasteiger partial charge in [-0.15, -0.1) is 0 Å². The number of benzene rings is 3. The number of thioether (sulfide) groups is 1. The van der Waals surface area contributed by atoms with Crippen LogP contribution in [0.5, 0.6) is 11.5 Å². The van der Waals surface area contributed by atoms with E-state index >= 15 is 0 Å². The Hall–Kier alpha value is -3.51. The maximum absolute atomic E-state index is 13.3. The number of rotatable bonds is 6. The second-order valence-corrected chi connectivity index (χ2v) is 7.86. The van der Waals surface area contributed by atoms with Crippen LogP contribution in [0.25, 0.3) is 6.08 Å². The van der Waals surface area contributed by atoms with Gasteiger partial charge < -0.3 is 9.47 Å². The van der Waals surface area contributed by atoms with Gasteiger partial charge in [0.2, 0.25) is 0 Å². The number of amidine groups is 1. The standard InChI is InChI=1S/C25H22N2O3S/c1-29-21-12-8-18(9-13-21)16-23-24(28)27(17-19-10-14-22(30-2)15-11-19)25(31-23)26-20-6-4-3-5-7-20/h3-16H,17H2,1-2H3/b23-16-,26-25?. The van der Waals surface area contributed by atoms with E-state index in [2.05, 4.69) is 0 Å². The van der Waals surface area contributed by atoms with Gasteiger partial charge in [0.05, 0.1) is 31.4 Å². The number of hydrogen-bond acceptors (Lipinski definition) is 5. The van der Waals surface area contributed by atoms with Crippen LogP contribution in [0, 0.1) is 0 Å². The molecule has 0 aromatic heterocycles. The molecule has 4 rings (SSSR count). The number of hydrogen-bond donors (Lipinski definition) is 0. The fourth-order valence-electron chi connectivity index (χ4n) is 3.11. The molecule has 0 bridgehead atoms. The minimum absolute atomic E-state index is 0.0636. The second kappa shape index (κ2) is 9.53. The van der Waals surface area contributed by atoms with Crippen LogP contribution >= 0.6 is 11.8 Å². The minimum Gasteiger partial charge on any atom is -0.497 e. The van der Waals surface area contributed by atoms with Crippen molar-refractivity contribution in [3.8, 4) is 11.5 Å². The Morgan fingerprint density at radius 3 is 2.10 bits per heavy atom. The molecule has 1 aliphatic heterocycles. The average Bonchev–Trinajstić information content (AvgIpc) is 3.09. The fraction of sp³-hybridized carbons (Fsp3) is 0.120. The summed E-state index contributed by atoms with van der Waals surface area (Å²) in [7, 11) is 3.27. The van der Waals surface area contributed by atoms with Gasteiger partial charge in [0.15, 0.2) is 5.17 Å². The van der Waals surface area contributed by atoms with Crippen LogP contribution in [0.15, 0.2) is 88.8 Å². The van der Waals surface area contributed by atoms with Crippen LogP contribution in [0.4, 0.5) is 5.69 Å². The number of carbonyl (C=O) groups excluding carboxylic acids is 1. The molecule has 3 aromatic carbocycles. The van der Waals surface area contributed by atoms with E-state index in [1.807, 2.05) is 84.9 Å². The van der Waals surface area contributed by atoms with E-state index in [4.69, 9.17) is 14.5 Å². The SMILES string of the molecule is COc1ccc(/C=C2\SC(=Nc3ccccc3)N(Cc3ccc(OC)cc3)C2=O)cc1. The van der Waals surface area contributed by atoms with Gasteiger partial charge in [0.25, 0.3) is 5.91 Å². The summed E-state index contributed by atoms with van der Waals surface area (Å²) < 4.78 is 10.4. The van der Waals surface area contributed by atoms with Gasteiger partial charge in [0, 0.05) is 0 Å². The van der Waals surface area contributed by atoms with Crippen molar-refractivity contribution < 1.29 is 14.3 Å². The Bertz CT molecular complexity index is 1110. The lowest BCUT2D eigenvalue weighted by molar-refractivity contribution is -0.122. The normalized spacial score (nSPS) is 16.2. The van der Waals surface area contributed by atoms with Crippen molar-refractivity contribution in [3.05, 3.63) is 94.9 Å². The molecule has 0 unspecified atom stereocenters. The molecule has 0 spiro atoms. The molecule has 3 aromatic rings. The number of para-hydroxylation sites is 1. The summed E-state index contributed by atoms with van der Waals surface area (Å²) in [6, 6.07) is 25.0.